The smallest absolute Gasteiger partial charge is 0.328 e. The van der Waals surface area contributed by atoms with Crippen LogP contribution in [0.25, 0.3) is 0 Å². The first-order valence-corrected chi connectivity index (χ1v) is 5.85. The van der Waals surface area contributed by atoms with Crippen molar-refractivity contribution in [1.82, 2.24) is 25.9 Å². The molecule has 2 amide bonds. The highest BCUT2D eigenvalue weighted by Crippen LogP contribution is 2.34. The maximum atomic E-state index is 12.8. The first-order valence-electron chi connectivity index (χ1n) is 5.85. The van der Waals surface area contributed by atoms with Gasteiger partial charge < -0.3 is 10.6 Å². The Bertz CT molecular complexity index is 613. The Kier molecular flexibility index (Phi) is 4.05. The van der Waals surface area contributed by atoms with E-state index in [1.807, 2.05) is 0 Å². The Hall–Kier alpha value is -2.65. The van der Waals surface area contributed by atoms with Gasteiger partial charge in [-0.25, -0.2) is 4.79 Å². The fourth-order valence-corrected chi connectivity index (χ4v) is 1.61. The number of urea groups is 1. The summed E-state index contributed by atoms with van der Waals surface area (Å²) in [7, 11) is 0. The van der Waals surface area contributed by atoms with Crippen molar-refractivity contribution in [3.63, 3.8) is 0 Å². The number of H-pyrrole nitrogens is 1. The normalized spacial score (nSPS) is 12.8. The van der Waals surface area contributed by atoms with Gasteiger partial charge in [-0.1, -0.05) is 17.3 Å². The van der Waals surface area contributed by atoms with Crippen LogP contribution in [0.3, 0.4) is 0 Å². The van der Waals surface area contributed by atoms with Gasteiger partial charge in [0, 0.05) is 0 Å². The number of para-hydroxylation sites is 1. The minimum Gasteiger partial charge on any atom is -0.328 e. The van der Waals surface area contributed by atoms with Crippen LogP contribution in [-0.2, 0) is 6.18 Å². The molecule has 7 nitrogen and oxygen atoms in total. The third kappa shape index (κ3) is 3.68. The molecule has 1 unspecified atom stereocenters. The number of carbonyl (C=O) groups excluding carboxylic acids is 1. The van der Waals surface area contributed by atoms with E-state index in [9.17, 15) is 18.0 Å². The predicted molar refractivity (Wildman–Crippen MR) is 66.2 cm³/mol. The van der Waals surface area contributed by atoms with Gasteiger partial charge in [-0.15, -0.1) is 10.2 Å². The molecule has 1 aromatic carbocycles. The lowest BCUT2D eigenvalue weighted by Gasteiger charge is -2.15. The number of halogens is 3. The second-order valence-electron chi connectivity index (χ2n) is 4.13. The lowest BCUT2D eigenvalue weighted by Crippen LogP contribution is -2.32. The molecule has 1 atom stereocenters. The molecular formula is C11H11F3N6O. The van der Waals surface area contributed by atoms with E-state index in [-0.39, 0.29) is 11.5 Å². The van der Waals surface area contributed by atoms with Crippen molar-refractivity contribution in [3.8, 4) is 0 Å². The number of hydrogen-bond donors (Lipinski definition) is 3. The van der Waals surface area contributed by atoms with Crippen LogP contribution >= 0.6 is 0 Å². The Morgan fingerprint density at radius 2 is 2.05 bits per heavy atom. The van der Waals surface area contributed by atoms with Gasteiger partial charge in [-0.2, -0.15) is 18.4 Å². The van der Waals surface area contributed by atoms with E-state index in [0.29, 0.717) is 0 Å². The second kappa shape index (κ2) is 5.77. The lowest BCUT2D eigenvalue weighted by molar-refractivity contribution is -0.136. The fourth-order valence-electron chi connectivity index (χ4n) is 1.61. The van der Waals surface area contributed by atoms with E-state index in [4.69, 9.17) is 0 Å². The number of benzene rings is 1. The molecule has 3 N–H and O–H groups in total. The molecule has 0 bridgehead atoms. The number of rotatable bonds is 3. The topological polar surface area (TPSA) is 95.6 Å². The fraction of sp³-hybridized carbons (Fsp3) is 0.273. The molecule has 0 saturated carbocycles. The van der Waals surface area contributed by atoms with Gasteiger partial charge in [0.1, 0.15) is 0 Å². The number of amides is 2. The van der Waals surface area contributed by atoms with E-state index in [2.05, 4.69) is 31.3 Å². The van der Waals surface area contributed by atoms with Gasteiger partial charge in [0.15, 0.2) is 5.82 Å². The zero-order valence-corrected chi connectivity index (χ0v) is 10.8. The molecule has 0 aliphatic heterocycles. The zero-order valence-electron chi connectivity index (χ0n) is 10.8. The summed E-state index contributed by atoms with van der Waals surface area (Å²) in [5, 5.41) is 17.4. The monoisotopic (exact) mass is 300 g/mol. The second-order valence-corrected chi connectivity index (χ2v) is 4.13. The highest BCUT2D eigenvalue weighted by molar-refractivity contribution is 5.90. The Labute approximate surface area is 116 Å². The molecule has 10 heteroatoms. The molecule has 2 aromatic rings. The first kappa shape index (κ1) is 14.8. The summed E-state index contributed by atoms with van der Waals surface area (Å²) in [5.74, 6) is 0.217. The number of anilines is 1. The van der Waals surface area contributed by atoms with Crippen LogP contribution in [0.15, 0.2) is 24.3 Å². The Morgan fingerprint density at radius 3 is 2.67 bits per heavy atom. The van der Waals surface area contributed by atoms with Crippen LogP contribution in [-0.4, -0.2) is 26.7 Å². The Balaban J connectivity index is 2.07. The van der Waals surface area contributed by atoms with Crippen LogP contribution in [0, 0.1) is 0 Å². The maximum absolute atomic E-state index is 12.8. The molecule has 2 rings (SSSR count). The van der Waals surface area contributed by atoms with Gasteiger partial charge in [-0.05, 0) is 19.1 Å². The predicted octanol–water partition coefficient (Wildman–Crippen LogP) is 2.10. The molecule has 0 aliphatic carbocycles. The SMILES string of the molecule is CC(NC(=O)Nc1ccccc1C(F)(F)F)c1nn[nH]n1. The maximum Gasteiger partial charge on any atom is 0.418 e. The molecule has 0 saturated heterocycles. The van der Waals surface area contributed by atoms with Crippen molar-refractivity contribution >= 4 is 11.7 Å². The first-order chi connectivity index (χ1) is 9.88. The van der Waals surface area contributed by atoms with Crippen molar-refractivity contribution in [2.24, 2.45) is 0 Å². The summed E-state index contributed by atoms with van der Waals surface area (Å²) in [4.78, 5) is 11.7. The van der Waals surface area contributed by atoms with Crippen LogP contribution in [0.5, 0.6) is 0 Å². The number of aromatic nitrogens is 4. The standard InChI is InChI=1S/C11H11F3N6O/c1-6(9-17-19-20-18-9)15-10(21)16-8-5-3-2-4-7(8)11(12,13)14/h2-6H,1H3,(H2,15,16,21)(H,17,18,19,20). The number of nitrogens with zero attached hydrogens (tertiary/aromatic N) is 3. The van der Waals surface area contributed by atoms with Gasteiger partial charge >= 0.3 is 12.2 Å². The number of hydrogen-bond acceptors (Lipinski definition) is 4. The van der Waals surface area contributed by atoms with Crippen molar-refractivity contribution in [2.75, 3.05) is 5.32 Å². The van der Waals surface area contributed by atoms with E-state index in [1.54, 1.807) is 6.92 Å². The van der Waals surface area contributed by atoms with E-state index in [1.165, 1.54) is 18.2 Å². The van der Waals surface area contributed by atoms with Crippen LogP contribution in [0.1, 0.15) is 24.4 Å². The highest BCUT2D eigenvalue weighted by atomic mass is 19.4. The molecule has 112 valence electrons. The van der Waals surface area contributed by atoms with E-state index < -0.39 is 23.8 Å². The molecule has 0 radical (unpaired) electrons. The molecule has 0 aliphatic rings. The van der Waals surface area contributed by atoms with Crippen molar-refractivity contribution in [3.05, 3.63) is 35.7 Å². The number of nitrogens with one attached hydrogen (secondary N) is 3. The number of alkyl halides is 3. The van der Waals surface area contributed by atoms with Crippen molar-refractivity contribution < 1.29 is 18.0 Å². The third-order valence-electron chi connectivity index (χ3n) is 2.58. The third-order valence-corrected chi connectivity index (χ3v) is 2.58. The molecule has 0 fully saturated rings. The van der Waals surface area contributed by atoms with Gasteiger partial charge in [0.25, 0.3) is 0 Å². The molecular weight excluding hydrogens is 289 g/mol. The van der Waals surface area contributed by atoms with E-state index in [0.717, 1.165) is 6.07 Å². The quantitative estimate of drug-likeness (QED) is 0.809. The molecule has 0 spiro atoms. The summed E-state index contributed by atoms with van der Waals surface area (Å²) in [6.07, 6.45) is -4.55. The summed E-state index contributed by atoms with van der Waals surface area (Å²) in [5.41, 5.74) is -1.25. The summed E-state index contributed by atoms with van der Waals surface area (Å²) in [6.45, 7) is 1.57. The van der Waals surface area contributed by atoms with Crippen LogP contribution < -0.4 is 10.6 Å². The summed E-state index contributed by atoms with van der Waals surface area (Å²) < 4.78 is 38.3. The van der Waals surface area contributed by atoms with Crippen molar-refractivity contribution in [1.29, 1.82) is 0 Å². The number of aromatic amines is 1. The summed E-state index contributed by atoms with van der Waals surface area (Å²) in [6, 6.07) is 3.28. The van der Waals surface area contributed by atoms with Crippen molar-refractivity contribution in [2.45, 2.75) is 19.1 Å². The largest absolute Gasteiger partial charge is 0.418 e. The number of carbonyl (C=O) groups is 1. The average molecular weight is 300 g/mol. The highest BCUT2D eigenvalue weighted by Gasteiger charge is 2.33. The number of tetrazole rings is 1. The van der Waals surface area contributed by atoms with Gasteiger partial charge in [0.05, 0.1) is 17.3 Å². The Morgan fingerprint density at radius 1 is 1.33 bits per heavy atom. The lowest BCUT2D eigenvalue weighted by atomic mass is 10.1. The summed E-state index contributed by atoms with van der Waals surface area (Å²) >= 11 is 0. The molecule has 1 aromatic heterocycles. The van der Waals surface area contributed by atoms with Gasteiger partial charge in [0.2, 0.25) is 0 Å². The van der Waals surface area contributed by atoms with Crippen LogP contribution in [0.4, 0.5) is 23.7 Å². The molecule has 1 heterocycles. The van der Waals surface area contributed by atoms with Crippen LogP contribution in [0.2, 0.25) is 0 Å². The van der Waals surface area contributed by atoms with Gasteiger partial charge in [-0.3, -0.25) is 0 Å². The average Bonchev–Trinajstić information content (AvgIpc) is 2.91. The van der Waals surface area contributed by atoms with E-state index >= 15 is 0 Å². The molecule has 21 heavy (non-hydrogen) atoms. The zero-order chi connectivity index (χ0) is 15.5. The minimum absolute atomic E-state index is 0.217. The minimum atomic E-state index is -4.55.